The molecule has 0 spiro atoms. The maximum absolute atomic E-state index is 4.47. The van der Waals surface area contributed by atoms with Crippen LogP contribution >= 0.6 is 35.7 Å². The average Bonchev–Trinajstić information content (AvgIpc) is 3.25. The molecule has 1 heterocycles. The Bertz CT molecular complexity index is 725. The first-order valence-corrected chi connectivity index (χ1v) is 10.1. The van der Waals surface area contributed by atoms with Crippen LogP contribution in [-0.4, -0.2) is 33.9 Å². The average molecular weight is 499 g/mol. The number of benzene rings is 1. The van der Waals surface area contributed by atoms with E-state index >= 15 is 0 Å². The van der Waals surface area contributed by atoms with Gasteiger partial charge in [-0.3, -0.25) is 4.99 Å². The Morgan fingerprint density at radius 2 is 2.00 bits per heavy atom. The lowest BCUT2D eigenvalue weighted by Crippen LogP contribution is -2.41. The predicted molar refractivity (Wildman–Crippen MR) is 125 cm³/mol. The van der Waals surface area contributed by atoms with Crippen LogP contribution < -0.4 is 10.6 Å². The van der Waals surface area contributed by atoms with Gasteiger partial charge in [0.2, 0.25) is 0 Å². The topological polar surface area (TPSA) is 54.2 Å². The van der Waals surface area contributed by atoms with Crippen LogP contribution in [0.1, 0.15) is 32.5 Å². The van der Waals surface area contributed by atoms with Crippen LogP contribution in [0, 0.1) is 5.92 Å². The highest BCUT2D eigenvalue weighted by Gasteiger charge is 2.43. The van der Waals surface area contributed by atoms with Gasteiger partial charge in [-0.25, -0.2) is 4.98 Å². The van der Waals surface area contributed by atoms with Crippen molar-refractivity contribution in [2.45, 2.75) is 49.4 Å². The first-order chi connectivity index (χ1) is 12.6. The zero-order chi connectivity index (χ0) is 18.4. The second-order valence-corrected chi connectivity index (χ2v) is 8.81. The number of hydrogen-bond donors (Lipinski definition) is 2. The highest BCUT2D eigenvalue weighted by Crippen LogP contribution is 2.51. The zero-order valence-corrected chi connectivity index (χ0v) is 19.5. The summed E-state index contributed by atoms with van der Waals surface area (Å²) in [4.78, 5) is 10.2. The molecule has 1 fully saturated rings. The van der Waals surface area contributed by atoms with Crippen molar-refractivity contribution in [3.05, 3.63) is 48.5 Å². The van der Waals surface area contributed by atoms with Gasteiger partial charge in [0.15, 0.2) is 5.96 Å². The number of rotatable bonds is 8. The van der Waals surface area contributed by atoms with Gasteiger partial charge in [-0.2, -0.15) is 0 Å². The minimum atomic E-state index is 0. The minimum absolute atomic E-state index is 0. The van der Waals surface area contributed by atoms with Crippen molar-refractivity contribution < 1.29 is 0 Å². The van der Waals surface area contributed by atoms with Gasteiger partial charge < -0.3 is 15.2 Å². The molecule has 148 valence electrons. The van der Waals surface area contributed by atoms with Crippen molar-refractivity contribution in [1.82, 2.24) is 20.2 Å². The first kappa shape index (κ1) is 22.1. The van der Waals surface area contributed by atoms with Crippen LogP contribution in [0.3, 0.4) is 0 Å². The van der Waals surface area contributed by atoms with Crippen molar-refractivity contribution in [3.63, 3.8) is 0 Å². The molecule has 3 rings (SSSR count). The van der Waals surface area contributed by atoms with Gasteiger partial charge in [0.05, 0.1) is 6.54 Å². The van der Waals surface area contributed by atoms with E-state index in [1.807, 2.05) is 31.2 Å². The lowest BCUT2D eigenvalue weighted by Gasteiger charge is -2.18. The number of halogens is 1. The standard InChI is InChI=1S/C20H29N5S.HI/c1-16(2)14-25-12-11-22-18(25)13-23-19(21-3)24-15-20(9-10-20)26-17-7-5-4-6-8-17;/h4-8,11-12,16H,9-10,13-15H2,1-3H3,(H2,21,23,24);1H. The number of thioether (sulfide) groups is 1. The molecule has 1 aromatic carbocycles. The van der Waals surface area contributed by atoms with E-state index in [4.69, 9.17) is 0 Å². The molecule has 1 aromatic heterocycles. The Balaban J connectivity index is 0.00000261. The molecule has 0 atom stereocenters. The summed E-state index contributed by atoms with van der Waals surface area (Å²) in [5, 5.41) is 6.89. The van der Waals surface area contributed by atoms with E-state index < -0.39 is 0 Å². The highest BCUT2D eigenvalue weighted by atomic mass is 127. The Morgan fingerprint density at radius 3 is 2.63 bits per heavy atom. The number of imidazole rings is 1. The van der Waals surface area contributed by atoms with E-state index in [0.29, 0.717) is 17.2 Å². The normalized spacial score (nSPS) is 15.3. The van der Waals surface area contributed by atoms with Gasteiger partial charge in [0.25, 0.3) is 0 Å². The molecular formula is C20H30IN5S. The smallest absolute Gasteiger partial charge is 0.191 e. The largest absolute Gasteiger partial charge is 0.355 e. The third-order valence-corrected chi connectivity index (χ3v) is 5.96. The van der Waals surface area contributed by atoms with Crippen LogP contribution in [0.5, 0.6) is 0 Å². The molecule has 2 N–H and O–H groups in total. The van der Waals surface area contributed by atoms with Crippen molar-refractivity contribution in [2.75, 3.05) is 13.6 Å². The number of aliphatic imine (C=N–C) groups is 1. The summed E-state index contributed by atoms with van der Waals surface area (Å²) in [5.41, 5.74) is 0. The van der Waals surface area contributed by atoms with Crippen LogP contribution in [0.2, 0.25) is 0 Å². The van der Waals surface area contributed by atoms with Crippen molar-refractivity contribution in [1.29, 1.82) is 0 Å². The molecule has 1 aliphatic carbocycles. The number of nitrogens with one attached hydrogen (secondary N) is 2. The number of guanidine groups is 1. The van der Waals surface area contributed by atoms with Gasteiger partial charge in [-0.1, -0.05) is 32.0 Å². The van der Waals surface area contributed by atoms with Crippen LogP contribution in [0.4, 0.5) is 0 Å². The lowest BCUT2D eigenvalue weighted by molar-refractivity contribution is 0.503. The maximum Gasteiger partial charge on any atom is 0.191 e. The van der Waals surface area contributed by atoms with Crippen molar-refractivity contribution >= 4 is 41.7 Å². The van der Waals surface area contributed by atoms with E-state index in [0.717, 1.165) is 24.9 Å². The van der Waals surface area contributed by atoms with E-state index in [-0.39, 0.29) is 24.0 Å². The number of nitrogens with zero attached hydrogens (tertiary/aromatic N) is 3. The Labute approximate surface area is 183 Å². The SMILES string of the molecule is CN=C(NCc1nccn1CC(C)C)NCC1(Sc2ccccc2)CC1.I. The molecule has 0 unspecified atom stereocenters. The Hall–Kier alpha value is -1.22. The molecule has 0 saturated heterocycles. The van der Waals surface area contributed by atoms with Gasteiger partial charge in [-0.15, -0.1) is 35.7 Å². The monoisotopic (exact) mass is 499 g/mol. The lowest BCUT2D eigenvalue weighted by atomic mass is 10.2. The summed E-state index contributed by atoms with van der Waals surface area (Å²) < 4.78 is 2.51. The van der Waals surface area contributed by atoms with E-state index in [9.17, 15) is 0 Å². The summed E-state index contributed by atoms with van der Waals surface area (Å²) in [7, 11) is 1.82. The third kappa shape index (κ3) is 6.71. The molecule has 27 heavy (non-hydrogen) atoms. The molecule has 0 bridgehead atoms. The fourth-order valence-corrected chi connectivity index (χ4v) is 4.13. The fraction of sp³-hybridized carbons (Fsp3) is 0.500. The summed E-state index contributed by atoms with van der Waals surface area (Å²) in [6, 6.07) is 10.6. The third-order valence-electron chi connectivity index (χ3n) is 4.46. The van der Waals surface area contributed by atoms with Crippen molar-refractivity contribution in [2.24, 2.45) is 10.9 Å². The molecule has 7 heteroatoms. The molecule has 1 aliphatic rings. The van der Waals surface area contributed by atoms with Crippen LogP contribution in [0.15, 0.2) is 52.6 Å². The van der Waals surface area contributed by atoms with Crippen molar-refractivity contribution in [3.8, 4) is 0 Å². The second kappa shape index (κ2) is 10.4. The molecule has 5 nitrogen and oxygen atoms in total. The summed E-state index contributed by atoms with van der Waals surface area (Å²) >= 11 is 1.97. The van der Waals surface area contributed by atoms with Crippen LogP contribution in [0.25, 0.3) is 0 Å². The molecule has 0 aliphatic heterocycles. The molecule has 1 saturated carbocycles. The molecule has 2 aromatic rings. The maximum atomic E-state index is 4.47. The summed E-state index contributed by atoms with van der Waals surface area (Å²) in [6.07, 6.45) is 6.40. The second-order valence-electron chi connectivity index (χ2n) is 7.27. The Kier molecular flexibility index (Phi) is 8.47. The van der Waals surface area contributed by atoms with Gasteiger partial charge in [0.1, 0.15) is 5.82 Å². The van der Waals surface area contributed by atoms with Gasteiger partial charge in [0, 0.05) is 42.2 Å². The fourth-order valence-electron chi connectivity index (χ4n) is 2.89. The Morgan fingerprint density at radius 1 is 1.26 bits per heavy atom. The number of aromatic nitrogens is 2. The predicted octanol–water partition coefficient (Wildman–Crippen LogP) is 4.15. The molecular weight excluding hydrogens is 469 g/mol. The van der Waals surface area contributed by atoms with E-state index in [1.54, 1.807) is 0 Å². The van der Waals surface area contributed by atoms with Gasteiger partial charge >= 0.3 is 0 Å². The quantitative estimate of drug-likeness (QED) is 0.326. The van der Waals surface area contributed by atoms with E-state index in [2.05, 4.69) is 69.4 Å². The van der Waals surface area contributed by atoms with Crippen LogP contribution in [-0.2, 0) is 13.1 Å². The molecule has 0 radical (unpaired) electrons. The summed E-state index contributed by atoms with van der Waals surface area (Å²) in [5.74, 6) is 2.48. The highest BCUT2D eigenvalue weighted by molar-refractivity contribution is 14.0. The first-order valence-electron chi connectivity index (χ1n) is 9.29. The van der Waals surface area contributed by atoms with Gasteiger partial charge in [-0.05, 0) is 30.9 Å². The van der Waals surface area contributed by atoms with E-state index in [1.165, 1.54) is 17.7 Å². The minimum Gasteiger partial charge on any atom is -0.355 e. The molecule has 0 amide bonds. The summed E-state index contributed by atoms with van der Waals surface area (Å²) in [6.45, 7) is 7.03. The zero-order valence-electron chi connectivity index (χ0n) is 16.3. The number of hydrogen-bond acceptors (Lipinski definition) is 3.